The van der Waals surface area contributed by atoms with E-state index >= 15 is 0 Å². The Hall–Kier alpha value is -2.60. The van der Waals surface area contributed by atoms with Gasteiger partial charge >= 0.3 is 0 Å². The molecule has 0 aliphatic carbocycles. The van der Waals surface area contributed by atoms with Crippen molar-refractivity contribution in [2.24, 2.45) is 0 Å². The van der Waals surface area contributed by atoms with Gasteiger partial charge in [-0.05, 0) is 69.2 Å². The second-order valence-corrected chi connectivity index (χ2v) is 6.64. The van der Waals surface area contributed by atoms with Gasteiger partial charge < -0.3 is 19.7 Å². The predicted octanol–water partition coefficient (Wildman–Crippen LogP) is 3.24. The van der Waals surface area contributed by atoms with Crippen LogP contribution in [0.4, 0.5) is 0 Å². The lowest BCUT2D eigenvalue weighted by atomic mass is 10.1. The fourth-order valence-corrected chi connectivity index (χ4v) is 3.05. The Morgan fingerprint density at radius 3 is 2.56 bits per heavy atom. The summed E-state index contributed by atoms with van der Waals surface area (Å²) < 4.78 is 11.2. The number of pyridine rings is 1. The molecule has 1 aliphatic rings. The van der Waals surface area contributed by atoms with Crippen molar-refractivity contribution < 1.29 is 14.3 Å². The minimum atomic E-state index is -0.0949. The van der Waals surface area contributed by atoms with E-state index in [1.54, 1.807) is 36.5 Å². The zero-order valence-corrected chi connectivity index (χ0v) is 15.6. The van der Waals surface area contributed by atoms with Crippen molar-refractivity contribution >= 4 is 5.91 Å². The summed E-state index contributed by atoms with van der Waals surface area (Å²) in [5, 5.41) is 2.91. The van der Waals surface area contributed by atoms with E-state index in [9.17, 15) is 4.79 Å². The first-order valence-electron chi connectivity index (χ1n) is 9.60. The Bertz CT molecular complexity index is 686. The van der Waals surface area contributed by atoms with E-state index in [1.165, 1.54) is 32.4 Å². The third-order valence-electron chi connectivity index (χ3n) is 4.48. The molecule has 0 saturated carbocycles. The molecular weight excluding hydrogens is 342 g/mol. The lowest BCUT2D eigenvalue weighted by Gasteiger charge is -2.26. The molecule has 0 spiro atoms. The fraction of sp³-hybridized carbons (Fsp3) is 0.429. The minimum Gasteiger partial charge on any atom is -0.484 e. The average Bonchev–Trinajstić information content (AvgIpc) is 2.72. The Balaban J connectivity index is 1.31. The molecule has 3 rings (SSSR count). The topological polar surface area (TPSA) is 63.7 Å². The van der Waals surface area contributed by atoms with Crippen molar-refractivity contribution in [3.05, 3.63) is 48.7 Å². The van der Waals surface area contributed by atoms with Crippen molar-refractivity contribution in [3.63, 3.8) is 0 Å². The van der Waals surface area contributed by atoms with Crippen LogP contribution >= 0.6 is 0 Å². The van der Waals surface area contributed by atoms with Crippen LogP contribution in [-0.2, 0) is 4.79 Å². The molecule has 1 aromatic carbocycles. The number of likely N-dealkylation sites (tertiary alicyclic amines) is 1. The summed E-state index contributed by atoms with van der Waals surface area (Å²) in [6, 6.07) is 12.6. The molecule has 1 fully saturated rings. The van der Waals surface area contributed by atoms with Crippen molar-refractivity contribution in [2.45, 2.75) is 25.7 Å². The first kappa shape index (κ1) is 19.2. The summed E-state index contributed by atoms with van der Waals surface area (Å²) >= 11 is 0. The number of hydrogen-bond acceptors (Lipinski definition) is 5. The number of nitrogens with one attached hydrogen (secondary N) is 1. The van der Waals surface area contributed by atoms with Crippen LogP contribution in [0.5, 0.6) is 17.4 Å². The van der Waals surface area contributed by atoms with Crippen LogP contribution in [0.3, 0.4) is 0 Å². The predicted molar refractivity (Wildman–Crippen MR) is 104 cm³/mol. The smallest absolute Gasteiger partial charge is 0.257 e. The number of benzene rings is 1. The van der Waals surface area contributed by atoms with Gasteiger partial charge in [0.2, 0.25) is 5.88 Å². The molecule has 6 heteroatoms. The third-order valence-corrected chi connectivity index (χ3v) is 4.48. The quantitative estimate of drug-likeness (QED) is 0.688. The number of ether oxygens (including phenoxy) is 2. The van der Waals surface area contributed by atoms with E-state index in [0.717, 1.165) is 13.0 Å². The van der Waals surface area contributed by atoms with E-state index in [2.05, 4.69) is 15.2 Å². The average molecular weight is 369 g/mol. The zero-order valence-electron chi connectivity index (χ0n) is 15.6. The van der Waals surface area contributed by atoms with Gasteiger partial charge in [-0.15, -0.1) is 0 Å². The molecule has 1 amide bonds. The molecule has 2 heterocycles. The van der Waals surface area contributed by atoms with E-state index in [1.807, 2.05) is 12.1 Å². The largest absolute Gasteiger partial charge is 0.484 e. The fourth-order valence-electron chi connectivity index (χ4n) is 3.05. The first-order valence-corrected chi connectivity index (χ1v) is 9.60. The van der Waals surface area contributed by atoms with Gasteiger partial charge in [-0.2, -0.15) is 0 Å². The number of carbonyl (C=O) groups is 1. The normalized spacial score (nSPS) is 14.5. The highest BCUT2D eigenvalue weighted by Crippen LogP contribution is 2.22. The van der Waals surface area contributed by atoms with Gasteiger partial charge in [0.25, 0.3) is 5.91 Å². The molecular formula is C21H27N3O3. The van der Waals surface area contributed by atoms with Crippen molar-refractivity contribution in [2.75, 3.05) is 32.8 Å². The van der Waals surface area contributed by atoms with Gasteiger partial charge in [-0.1, -0.05) is 12.5 Å². The number of hydrogen-bond donors (Lipinski definition) is 1. The van der Waals surface area contributed by atoms with Crippen LogP contribution in [0.25, 0.3) is 0 Å². The molecule has 144 valence electrons. The number of amides is 1. The molecule has 1 saturated heterocycles. The van der Waals surface area contributed by atoms with Gasteiger partial charge in [-0.25, -0.2) is 4.98 Å². The van der Waals surface area contributed by atoms with Gasteiger partial charge in [0.15, 0.2) is 6.61 Å². The number of carbonyl (C=O) groups excluding carboxylic acids is 1. The molecule has 0 radical (unpaired) electrons. The summed E-state index contributed by atoms with van der Waals surface area (Å²) in [7, 11) is 0. The summed E-state index contributed by atoms with van der Waals surface area (Å²) in [5.74, 6) is 1.74. The molecule has 1 aliphatic heterocycles. The maximum absolute atomic E-state index is 11.9. The van der Waals surface area contributed by atoms with Crippen LogP contribution in [0.1, 0.15) is 25.7 Å². The van der Waals surface area contributed by atoms with Crippen molar-refractivity contribution in [1.82, 2.24) is 15.2 Å². The number of piperidine rings is 1. The van der Waals surface area contributed by atoms with Crippen LogP contribution in [0, 0.1) is 0 Å². The van der Waals surface area contributed by atoms with Crippen molar-refractivity contribution in [1.29, 1.82) is 0 Å². The molecule has 0 unspecified atom stereocenters. The Morgan fingerprint density at radius 2 is 1.81 bits per heavy atom. The number of nitrogens with zero attached hydrogens (tertiary/aromatic N) is 2. The Morgan fingerprint density at radius 1 is 1.04 bits per heavy atom. The lowest BCUT2D eigenvalue weighted by molar-refractivity contribution is -0.123. The van der Waals surface area contributed by atoms with E-state index < -0.39 is 0 Å². The Kier molecular flexibility index (Phi) is 7.47. The maximum atomic E-state index is 11.9. The molecule has 2 aromatic rings. The molecule has 0 bridgehead atoms. The molecule has 27 heavy (non-hydrogen) atoms. The van der Waals surface area contributed by atoms with Crippen LogP contribution in [0.15, 0.2) is 48.7 Å². The molecule has 1 N–H and O–H groups in total. The highest BCUT2D eigenvalue weighted by Gasteiger charge is 2.09. The summed E-state index contributed by atoms with van der Waals surface area (Å²) in [5.41, 5.74) is 0. The van der Waals surface area contributed by atoms with Gasteiger partial charge in [-0.3, -0.25) is 4.79 Å². The maximum Gasteiger partial charge on any atom is 0.257 e. The van der Waals surface area contributed by atoms with Crippen molar-refractivity contribution in [3.8, 4) is 17.4 Å². The van der Waals surface area contributed by atoms with E-state index in [4.69, 9.17) is 9.47 Å². The first-order chi connectivity index (χ1) is 13.3. The van der Waals surface area contributed by atoms with Gasteiger partial charge in [0.1, 0.15) is 11.5 Å². The highest BCUT2D eigenvalue weighted by molar-refractivity contribution is 5.77. The van der Waals surface area contributed by atoms with E-state index in [-0.39, 0.29) is 12.5 Å². The van der Waals surface area contributed by atoms with Gasteiger partial charge in [0, 0.05) is 18.8 Å². The summed E-state index contributed by atoms with van der Waals surface area (Å²) in [6.07, 6.45) is 6.60. The van der Waals surface area contributed by atoms with E-state index in [0.29, 0.717) is 23.9 Å². The summed E-state index contributed by atoms with van der Waals surface area (Å²) in [4.78, 5) is 18.5. The minimum absolute atomic E-state index is 0.0180. The number of aromatic nitrogens is 1. The third kappa shape index (κ3) is 6.90. The lowest BCUT2D eigenvalue weighted by Crippen LogP contribution is -2.34. The SMILES string of the molecule is O=C(COc1ccc(Oc2ccccn2)cc1)NCCCN1CCCCC1. The second kappa shape index (κ2) is 10.5. The van der Waals surface area contributed by atoms with Gasteiger partial charge in [0.05, 0.1) is 0 Å². The molecule has 1 aromatic heterocycles. The molecule has 0 atom stereocenters. The number of rotatable bonds is 9. The Labute approximate surface area is 160 Å². The standard InChI is InChI=1S/C21H27N3O3/c25-20(22-13-6-16-24-14-4-1-5-15-24)17-26-18-8-10-19(11-9-18)27-21-7-2-3-12-23-21/h2-3,7-12H,1,4-6,13-17H2,(H,22,25). The monoisotopic (exact) mass is 369 g/mol. The van der Waals surface area contributed by atoms with Crippen LogP contribution < -0.4 is 14.8 Å². The second-order valence-electron chi connectivity index (χ2n) is 6.64. The molecule has 6 nitrogen and oxygen atoms in total. The highest BCUT2D eigenvalue weighted by atomic mass is 16.5. The summed E-state index contributed by atoms with van der Waals surface area (Å²) in [6.45, 7) is 4.15. The van der Waals surface area contributed by atoms with Crippen LogP contribution in [0.2, 0.25) is 0 Å². The van der Waals surface area contributed by atoms with Crippen LogP contribution in [-0.4, -0.2) is 48.6 Å². The zero-order chi connectivity index (χ0) is 18.7.